The fourth-order valence-electron chi connectivity index (χ4n) is 0.310. The summed E-state index contributed by atoms with van der Waals surface area (Å²) in [5.74, 6) is -1.29. The molecular weight excluding hydrogens is 280 g/mol. The Labute approximate surface area is 103 Å². The third kappa shape index (κ3) is 11.2. The second-order valence-electron chi connectivity index (χ2n) is 3.42. The van der Waals surface area contributed by atoms with Gasteiger partial charge in [-0.3, -0.25) is 4.79 Å². The van der Waals surface area contributed by atoms with Crippen LogP contribution in [0.4, 0.5) is 0 Å². The lowest BCUT2D eigenvalue weighted by molar-refractivity contribution is -0.146. The van der Waals surface area contributed by atoms with Crippen LogP contribution in [0.25, 0.3) is 0 Å². The number of alkyl halides is 1. The lowest BCUT2D eigenvalue weighted by atomic mass is 10.2. The van der Waals surface area contributed by atoms with E-state index in [-0.39, 0.29) is 24.8 Å². The molecule has 0 aliphatic rings. The van der Waals surface area contributed by atoms with Gasteiger partial charge in [0.25, 0.3) is 0 Å². The van der Waals surface area contributed by atoms with Gasteiger partial charge in [-0.25, -0.2) is 4.79 Å². The number of carboxylic acids is 1. The Morgan fingerprint density at radius 3 is 2.00 bits per heavy atom. The maximum absolute atomic E-state index is 10.8. The van der Waals surface area contributed by atoms with Gasteiger partial charge < -0.3 is 14.9 Å². The molecule has 0 rings (SSSR count). The largest absolute Gasteiger partial charge is 0.478 e. The first-order chi connectivity index (χ1) is 7.12. The van der Waals surface area contributed by atoms with Gasteiger partial charge in [0.05, 0.1) is 6.61 Å². The number of aliphatic carboxylic acids is 1. The molecule has 94 valence electrons. The number of carbonyl (C=O) groups excluding carboxylic acids is 1. The molecule has 0 spiro atoms. The van der Waals surface area contributed by atoms with Crippen molar-refractivity contribution in [3.8, 4) is 0 Å². The summed E-state index contributed by atoms with van der Waals surface area (Å²) >= 11 is 3.12. The molecule has 0 unspecified atom stereocenters. The number of aliphatic hydroxyl groups is 1. The number of aliphatic hydroxyl groups excluding tert-OH is 1. The lowest BCUT2D eigenvalue weighted by Gasteiger charge is -2.13. The van der Waals surface area contributed by atoms with E-state index in [1.54, 1.807) is 13.8 Å². The topological polar surface area (TPSA) is 83.8 Å². The van der Waals surface area contributed by atoms with E-state index in [1.807, 2.05) is 0 Å². The van der Waals surface area contributed by atoms with Crippen molar-refractivity contribution in [2.45, 2.75) is 25.1 Å². The molecule has 0 saturated heterocycles. The molecule has 0 radical (unpaired) electrons. The maximum atomic E-state index is 10.8. The number of hydrogen-bond acceptors (Lipinski definition) is 4. The van der Waals surface area contributed by atoms with E-state index >= 15 is 0 Å². The Hall–Kier alpha value is -0.880. The van der Waals surface area contributed by atoms with Crippen molar-refractivity contribution < 1.29 is 24.5 Å². The fourth-order valence-corrected chi connectivity index (χ4v) is 0.424. The van der Waals surface area contributed by atoms with E-state index in [1.165, 1.54) is 6.92 Å². The molecule has 0 aromatic heterocycles. The van der Waals surface area contributed by atoms with Crippen molar-refractivity contribution in [2.75, 3.05) is 13.2 Å². The van der Waals surface area contributed by atoms with Gasteiger partial charge in [-0.1, -0.05) is 22.5 Å². The predicted molar refractivity (Wildman–Crippen MR) is 63.5 cm³/mol. The third-order valence-corrected chi connectivity index (χ3v) is 1.50. The smallest absolute Gasteiger partial charge is 0.330 e. The van der Waals surface area contributed by atoms with Crippen LogP contribution in [0.15, 0.2) is 12.2 Å². The van der Waals surface area contributed by atoms with Crippen LogP contribution in [0.3, 0.4) is 0 Å². The molecule has 6 heteroatoms. The molecule has 0 amide bonds. The molecule has 0 fully saturated rings. The molecule has 0 aliphatic carbocycles. The summed E-state index contributed by atoms with van der Waals surface area (Å²) in [4.78, 5) is 20.4. The first-order valence-electron chi connectivity index (χ1n) is 4.48. The van der Waals surface area contributed by atoms with Crippen molar-refractivity contribution in [1.82, 2.24) is 0 Å². The van der Waals surface area contributed by atoms with Crippen LogP contribution in [0.2, 0.25) is 0 Å². The molecule has 0 aliphatic heterocycles. The summed E-state index contributed by atoms with van der Waals surface area (Å²) in [5, 5.41) is 16.2. The van der Waals surface area contributed by atoms with E-state index in [9.17, 15) is 9.59 Å². The van der Waals surface area contributed by atoms with Crippen LogP contribution < -0.4 is 0 Å². The lowest BCUT2D eigenvalue weighted by Crippen LogP contribution is -2.27. The Morgan fingerprint density at radius 1 is 1.44 bits per heavy atom. The van der Waals surface area contributed by atoms with E-state index in [2.05, 4.69) is 27.2 Å². The summed E-state index contributed by atoms with van der Waals surface area (Å²) in [6.45, 7) is 7.91. The number of rotatable bonds is 4. The minimum absolute atomic E-state index is 0.0634. The average molecular weight is 297 g/mol. The molecule has 2 N–H and O–H groups in total. The van der Waals surface area contributed by atoms with Crippen molar-refractivity contribution in [3.05, 3.63) is 12.2 Å². The highest BCUT2D eigenvalue weighted by Crippen LogP contribution is 2.16. The Morgan fingerprint density at radius 2 is 1.81 bits per heavy atom. The molecule has 0 saturated carbocycles. The summed E-state index contributed by atoms with van der Waals surface area (Å²) in [5.41, 5.74) is 0.176. The number of carbonyl (C=O) groups is 2. The Balaban J connectivity index is 0. The van der Waals surface area contributed by atoms with Crippen LogP contribution >= 0.6 is 15.9 Å². The molecule has 5 nitrogen and oxygen atoms in total. The second-order valence-corrected chi connectivity index (χ2v) is 5.40. The summed E-state index contributed by atoms with van der Waals surface area (Å²) < 4.78 is 3.97. The van der Waals surface area contributed by atoms with E-state index in [4.69, 9.17) is 10.2 Å². The van der Waals surface area contributed by atoms with Gasteiger partial charge in [0, 0.05) is 5.57 Å². The predicted octanol–water partition coefficient (Wildman–Crippen LogP) is 1.34. The number of esters is 1. The number of hydrogen-bond donors (Lipinski definition) is 2. The minimum Gasteiger partial charge on any atom is -0.478 e. The zero-order valence-electron chi connectivity index (χ0n) is 9.62. The van der Waals surface area contributed by atoms with Gasteiger partial charge in [-0.15, -0.1) is 0 Å². The quantitative estimate of drug-likeness (QED) is 0.465. The fraction of sp³-hybridized carbons (Fsp3) is 0.600. The highest BCUT2D eigenvalue weighted by atomic mass is 79.9. The van der Waals surface area contributed by atoms with Crippen LogP contribution in [0.1, 0.15) is 20.8 Å². The maximum Gasteiger partial charge on any atom is 0.330 e. The normalized spacial score (nSPS) is 9.81. The van der Waals surface area contributed by atoms with Crippen molar-refractivity contribution in [2.24, 2.45) is 0 Å². The summed E-state index contributed by atoms with van der Waals surface area (Å²) in [6.07, 6.45) is 0. The van der Waals surface area contributed by atoms with Gasteiger partial charge in [-0.2, -0.15) is 0 Å². The van der Waals surface area contributed by atoms with Gasteiger partial charge >= 0.3 is 11.9 Å². The van der Waals surface area contributed by atoms with Crippen LogP contribution in [0, 0.1) is 0 Å². The molecular formula is C10H17BrO5. The van der Waals surface area contributed by atoms with E-state index in [0.717, 1.165) is 0 Å². The average Bonchev–Trinajstić information content (AvgIpc) is 2.13. The number of halogens is 1. The molecule has 16 heavy (non-hydrogen) atoms. The van der Waals surface area contributed by atoms with Crippen LogP contribution in [-0.2, 0) is 14.3 Å². The zero-order chi connectivity index (χ0) is 13.4. The molecule has 0 heterocycles. The zero-order valence-corrected chi connectivity index (χ0v) is 11.2. The van der Waals surface area contributed by atoms with E-state index in [0.29, 0.717) is 0 Å². The van der Waals surface area contributed by atoms with E-state index < -0.39 is 10.3 Å². The van der Waals surface area contributed by atoms with Crippen molar-refractivity contribution in [1.29, 1.82) is 0 Å². The third-order valence-electron chi connectivity index (χ3n) is 1.17. The Bertz CT molecular complexity index is 242. The van der Waals surface area contributed by atoms with Gasteiger partial charge in [0.1, 0.15) is 10.9 Å². The number of ether oxygens (including phenoxy) is 1. The van der Waals surface area contributed by atoms with Gasteiger partial charge in [-0.05, 0) is 20.8 Å². The summed E-state index contributed by atoms with van der Waals surface area (Å²) in [6, 6.07) is 0. The Kier molecular flexibility index (Phi) is 9.08. The highest BCUT2D eigenvalue weighted by molar-refractivity contribution is 9.10. The molecule has 0 bridgehead atoms. The van der Waals surface area contributed by atoms with Gasteiger partial charge in [0.15, 0.2) is 0 Å². The highest BCUT2D eigenvalue weighted by Gasteiger charge is 2.24. The summed E-state index contributed by atoms with van der Waals surface area (Å²) in [7, 11) is 0. The first-order valence-corrected chi connectivity index (χ1v) is 5.28. The van der Waals surface area contributed by atoms with Crippen LogP contribution in [-0.4, -0.2) is 39.7 Å². The SMILES string of the molecule is C=C(C)C(=O)O.CC(C)(Br)C(=O)OCCO. The molecule has 0 aromatic carbocycles. The standard InChI is InChI=1S/C6H11BrO3.C4H6O2/c1-6(2,7)5(9)10-4-3-8;1-3(2)4(5)6/h8H,3-4H2,1-2H3;1H2,2H3,(H,5,6). The monoisotopic (exact) mass is 296 g/mol. The first kappa shape index (κ1) is 17.5. The number of carboxylic acid groups (broad SMARTS) is 1. The minimum atomic E-state index is -0.935. The second kappa shape index (κ2) is 8.29. The molecule has 0 aromatic rings. The van der Waals surface area contributed by atoms with Crippen molar-refractivity contribution in [3.63, 3.8) is 0 Å². The molecule has 0 atom stereocenters. The van der Waals surface area contributed by atoms with Crippen LogP contribution in [0.5, 0.6) is 0 Å². The van der Waals surface area contributed by atoms with Gasteiger partial charge in [0.2, 0.25) is 0 Å². The van der Waals surface area contributed by atoms with Crippen molar-refractivity contribution >= 4 is 27.9 Å².